The van der Waals surface area contributed by atoms with Crippen molar-refractivity contribution in [3.8, 4) is 0 Å². The monoisotopic (exact) mass is 404 g/mol. The number of hydrogen-bond acceptors (Lipinski definition) is 2. The minimum atomic E-state index is -0.991. The van der Waals surface area contributed by atoms with Gasteiger partial charge in [-0.2, -0.15) is 0 Å². The van der Waals surface area contributed by atoms with Crippen LogP contribution in [0.1, 0.15) is 77.6 Å². The van der Waals surface area contributed by atoms with Crippen molar-refractivity contribution in [1.82, 2.24) is 0 Å². The minimum Gasteiger partial charge on any atom is -0.460 e. The Balaban J connectivity index is 3.22. The molecule has 1 unspecified atom stereocenters. The summed E-state index contributed by atoms with van der Waals surface area (Å²) in [4.78, 5) is 11.0. The second kappa shape index (κ2) is 14.3. The summed E-state index contributed by atoms with van der Waals surface area (Å²) < 4.78 is 5.15. The molecule has 2 nitrogen and oxygen atoms in total. The van der Waals surface area contributed by atoms with Gasteiger partial charge in [-0.3, -0.25) is 0 Å². The van der Waals surface area contributed by atoms with Crippen molar-refractivity contribution in [1.29, 1.82) is 0 Å². The van der Waals surface area contributed by atoms with E-state index in [0.717, 1.165) is 12.8 Å². The molecular weight excluding hydrogens is 368 g/mol. The molecule has 0 spiro atoms. The van der Waals surface area contributed by atoms with Crippen molar-refractivity contribution in [2.75, 3.05) is 0 Å². The third-order valence-corrected chi connectivity index (χ3v) is 6.85. The van der Waals surface area contributed by atoms with Crippen LogP contribution < -0.4 is 0 Å². The average molecular weight is 405 g/mol. The number of unbranched alkanes of at least 4 members (excludes halogenated alkanes) is 9. The second-order valence-electron chi connectivity index (χ2n) is 7.24. The molecule has 0 aromatic heterocycles. The molecule has 0 aliphatic rings. The molecule has 0 aromatic rings. The van der Waals surface area contributed by atoms with Crippen molar-refractivity contribution in [3.05, 3.63) is 12.7 Å². The molecule has 0 amide bonds. The number of hydrogen-bond donors (Lipinski definition) is 0. The predicted octanol–water partition coefficient (Wildman–Crippen LogP) is 7.00. The fourth-order valence-corrected chi connectivity index (χ4v) is 4.63. The molecule has 136 valence electrons. The van der Waals surface area contributed by atoms with E-state index < -0.39 is 6.69 Å². The van der Waals surface area contributed by atoms with E-state index >= 15 is 0 Å². The molecule has 0 aliphatic carbocycles. The minimum absolute atomic E-state index is 0.0214. The van der Waals surface area contributed by atoms with Gasteiger partial charge >= 0.3 is 5.97 Å². The largest absolute Gasteiger partial charge is 0.460 e. The van der Waals surface area contributed by atoms with Crippen LogP contribution in [-0.2, 0) is 9.53 Å². The summed E-state index contributed by atoms with van der Waals surface area (Å²) in [6, 6.07) is 1.41. The maximum Gasteiger partial charge on any atom is 0.330 e. The van der Waals surface area contributed by atoms with Gasteiger partial charge in [0.25, 0.3) is 0 Å². The molecule has 0 rings (SSSR count). The summed E-state index contributed by atoms with van der Waals surface area (Å²) in [5.74, 6) is -0.306. The standard InChI is InChI=1S/C19H37BrO2Si/c1-5-19(21)22-18(2)16-14-12-10-8-6-7-9-11-13-15-17-23(3,4)20/h5,18H,1,6-17H2,2-4H3. The lowest BCUT2D eigenvalue weighted by Crippen LogP contribution is -2.13. The summed E-state index contributed by atoms with van der Waals surface area (Å²) in [5, 5.41) is 0. The first kappa shape index (κ1) is 22.9. The van der Waals surface area contributed by atoms with Gasteiger partial charge in [-0.1, -0.05) is 77.5 Å². The van der Waals surface area contributed by atoms with Crippen LogP contribution in [0.3, 0.4) is 0 Å². The van der Waals surface area contributed by atoms with Gasteiger partial charge < -0.3 is 4.74 Å². The van der Waals surface area contributed by atoms with Gasteiger partial charge in [0.2, 0.25) is 0 Å². The lowest BCUT2D eigenvalue weighted by Gasteiger charge is -2.12. The topological polar surface area (TPSA) is 26.3 Å². The first-order valence-corrected chi connectivity index (χ1v) is 14.8. The van der Waals surface area contributed by atoms with Gasteiger partial charge in [0.05, 0.1) is 6.10 Å². The van der Waals surface area contributed by atoms with Crippen molar-refractivity contribution in [2.45, 2.75) is 103 Å². The van der Waals surface area contributed by atoms with Gasteiger partial charge in [0.15, 0.2) is 0 Å². The Morgan fingerprint density at radius 3 is 1.87 bits per heavy atom. The van der Waals surface area contributed by atoms with Gasteiger partial charge in [0, 0.05) is 6.08 Å². The Hall–Kier alpha value is -0.0931. The van der Waals surface area contributed by atoms with E-state index in [2.05, 4.69) is 35.0 Å². The maximum atomic E-state index is 11.0. The first-order valence-electron chi connectivity index (χ1n) is 9.37. The van der Waals surface area contributed by atoms with Crippen LogP contribution in [0.5, 0.6) is 0 Å². The average Bonchev–Trinajstić information content (AvgIpc) is 2.47. The molecule has 0 heterocycles. The molecule has 0 saturated carbocycles. The van der Waals surface area contributed by atoms with Crippen LogP contribution >= 0.6 is 15.3 Å². The van der Waals surface area contributed by atoms with Gasteiger partial charge in [-0.15, -0.1) is 15.3 Å². The first-order chi connectivity index (χ1) is 10.8. The summed E-state index contributed by atoms with van der Waals surface area (Å²) in [6.07, 6.45) is 15.7. The molecular formula is C19H37BrO2Si. The van der Waals surface area contributed by atoms with Crippen LogP contribution in [0, 0.1) is 0 Å². The van der Waals surface area contributed by atoms with Gasteiger partial charge in [-0.25, -0.2) is 4.79 Å². The molecule has 1 atom stereocenters. The van der Waals surface area contributed by atoms with Gasteiger partial charge in [-0.05, 0) is 25.8 Å². The summed E-state index contributed by atoms with van der Waals surface area (Å²) in [5.41, 5.74) is 0. The number of halogens is 1. The fraction of sp³-hybridized carbons (Fsp3) is 0.842. The highest BCUT2D eigenvalue weighted by atomic mass is 79.9. The van der Waals surface area contributed by atoms with Crippen molar-refractivity contribution < 1.29 is 9.53 Å². The van der Waals surface area contributed by atoms with E-state index in [1.807, 2.05) is 6.92 Å². The highest BCUT2D eigenvalue weighted by Gasteiger charge is 2.14. The molecule has 0 aromatic carbocycles. The van der Waals surface area contributed by atoms with E-state index in [1.165, 1.54) is 69.9 Å². The third-order valence-electron chi connectivity index (χ3n) is 4.12. The summed E-state index contributed by atoms with van der Waals surface area (Å²) >= 11 is 3.84. The van der Waals surface area contributed by atoms with Crippen LogP contribution in [0.2, 0.25) is 19.1 Å². The molecule has 0 saturated heterocycles. The molecule has 0 N–H and O–H groups in total. The zero-order chi connectivity index (χ0) is 17.6. The van der Waals surface area contributed by atoms with Crippen molar-refractivity contribution >= 4 is 28.0 Å². The zero-order valence-corrected chi connectivity index (χ0v) is 18.1. The van der Waals surface area contributed by atoms with Crippen LogP contribution in [0.4, 0.5) is 0 Å². The second-order valence-corrected chi connectivity index (χ2v) is 17.6. The van der Waals surface area contributed by atoms with Crippen molar-refractivity contribution in [2.24, 2.45) is 0 Å². The van der Waals surface area contributed by atoms with E-state index in [9.17, 15) is 4.79 Å². The normalized spacial score (nSPS) is 12.9. The SMILES string of the molecule is C=CC(=O)OC(C)CCCCCCCCCCCC[Si](C)(C)Br. The van der Waals surface area contributed by atoms with E-state index in [-0.39, 0.29) is 12.1 Å². The number of carbonyl (C=O) groups is 1. The van der Waals surface area contributed by atoms with Gasteiger partial charge in [0.1, 0.15) is 6.69 Å². The highest BCUT2D eigenvalue weighted by Crippen LogP contribution is 2.21. The molecule has 0 fully saturated rings. The van der Waals surface area contributed by atoms with E-state index in [0.29, 0.717) is 0 Å². The summed E-state index contributed by atoms with van der Waals surface area (Å²) in [7, 11) is 0. The molecule has 0 radical (unpaired) electrons. The van der Waals surface area contributed by atoms with Crippen LogP contribution in [0.15, 0.2) is 12.7 Å². The Bertz CT molecular complexity index is 313. The molecule has 0 bridgehead atoms. The highest BCUT2D eigenvalue weighted by molar-refractivity contribution is 9.26. The smallest absolute Gasteiger partial charge is 0.330 e. The summed E-state index contributed by atoms with van der Waals surface area (Å²) in [6.45, 7) is 9.15. The predicted molar refractivity (Wildman–Crippen MR) is 108 cm³/mol. The van der Waals surface area contributed by atoms with Crippen LogP contribution in [-0.4, -0.2) is 18.8 Å². The fourth-order valence-electron chi connectivity index (χ4n) is 2.70. The number of esters is 1. The number of ether oxygens (including phenoxy) is 1. The molecule has 4 heteroatoms. The Kier molecular flexibility index (Phi) is 14.2. The maximum absolute atomic E-state index is 11.0. The zero-order valence-electron chi connectivity index (χ0n) is 15.5. The number of rotatable bonds is 15. The lowest BCUT2D eigenvalue weighted by molar-refractivity contribution is -0.142. The Labute approximate surface area is 153 Å². The lowest BCUT2D eigenvalue weighted by atomic mass is 10.0. The quantitative estimate of drug-likeness (QED) is 0.0964. The Morgan fingerprint density at radius 2 is 1.43 bits per heavy atom. The third kappa shape index (κ3) is 18.1. The molecule has 23 heavy (non-hydrogen) atoms. The van der Waals surface area contributed by atoms with Crippen molar-refractivity contribution in [3.63, 3.8) is 0 Å². The van der Waals surface area contributed by atoms with E-state index in [4.69, 9.17) is 4.74 Å². The van der Waals surface area contributed by atoms with E-state index in [1.54, 1.807) is 0 Å². The Morgan fingerprint density at radius 1 is 1.00 bits per heavy atom. The number of carbonyl (C=O) groups excluding carboxylic acids is 1. The van der Waals surface area contributed by atoms with Crippen LogP contribution in [0.25, 0.3) is 0 Å². The molecule has 0 aliphatic heterocycles.